The Hall–Kier alpha value is -2.78. The maximum Gasteiger partial charge on any atom is 0.408 e. The van der Waals surface area contributed by atoms with Crippen LogP contribution in [0.2, 0.25) is 0 Å². The number of benzene rings is 2. The number of ether oxygens (including phenoxy) is 1. The molecule has 120 valence electrons. The number of aromatic nitrogens is 2. The molecule has 0 spiro atoms. The summed E-state index contributed by atoms with van der Waals surface area (Å²) >= 11 is 3.40. The predicted molar refractivity (Wildman–Crippen MR) is 95.3 cm³/mol. The van der Waals surface area contributed by atoms with Crippen molar-refractivity contribution in [1.82, 2.24) is 15.5 Å². The van der Waals surface area contributed by atoms with E-state index in [0.29, 0.717) is 0 Å². The van der Waals surface area contributed by atoms with E-state index in [-0.39, 0.29) is 13.2 Å². The second-order valence-corrected chi connectivity index (χ2v) is 5.89. The SMILES string of the molecule is O=C(NCC#Cc1[nH]nc2cc(Br)ccc12)OCc1ccccc1. The molecule has 3 rings (SSSR count). The van der Waals surface area contributed by atoms with E-state index in [4.69, 9.17) is 4.74 Å². The van der Waals surface area contributed by atoms with Gasteiger partial charge in [-0.3, -0.25) is 5.10 Å². The molecule has 0 aliphatic heterocycles. The Labute approximate surface area is 147 Å². The van der Waals surface area contributed by atoms with Crippen LogP contribution in [0.25, 0.3) is 10.9 Å². The Kier molecular flexibility index (Phi) is 5.14. The first-order valence-electron chi connectivity index (χ1n) is 7.29. The average Bonchev–Trinajstić information content (AvgIpc) is 3.00. The summed E-state index contributed by atoms with van der Waals surface area (Å²) in [5.74, 6) is 5.84. The number of nitrogens with one attached hydrogen (secondary N) is 2. The van der Waals surface area contributed by atoms with Crippen LogP contribution in [0.3, 0.4) is 0 Å². The highest BCUT2D eigenvalue weighted by Crippen LogP contribution is 2.19. The molecule has 1 aromatic heterocycles. The van der Waals surface area contributed by atoms with E-state index in [9.17, 15) is 4.79 Å². The third-order valence-electron chi connectivity index (χ3n) is 3.26. The maximum absolute atomic E-state index is 11.6. The molecule has 0 aliphatic rings. The number of halogens is 1. The first kappa shape index (κ1) is 16.1. The first-order chi connectivity index (χ1) is 11.7. The standard InChI is InChI=1S/C18H14BrN3O2/c19-14-8-9-15-16(21-22-17(15)11-14)7-4-10-20-18(23)24-12-13-5-2-1-3-6-13/h1-3,5-6,8-9,11H,10,12H2,(H,20,23)(H,21,22). The molecular formula is C18H14BrN3O2. The second kappa shape index (κ2) is 7.66. The van der Waals surface area contributed by atoms with Gasteiger partial charge in [-0.15, -0.1) is 0 Å². The summed E-state index contributed by atoms with van der Waals surface area (Å²) in [5.41, 5.74) is 2.50. The number of H-pyrrole nitrogens is 1. The van der Waals surface area contributed by atoms with E-state index in [1.807, 2.05) is 48.5 Å². The van der Waals surface area contributed by atoms with Crippen molar-refractivity contribution in [3.63, 3.8) is 0 Å². The zero-order valence-electron chi connectivity index (χ0n) is 12.7. The molecule has 0 saturated carbocycles. The predicted octanol–water partition coefficient (Wildman–Crippen LogP) is 3.60. The van der Waals surface area contributed by atoms with Gasteiger partial charge in [-0.1, -0.05) is 52.2 Å². The number of amides is 1. The summed E-state index contributed by atoms with van der Waals surface area (Å²) in [6.45, 7) is 0.435. The Bertz CT molecular complexity index is 910. The van der Waals surface area contributed by atoms with Crippen LogP contribution in [0, 0.1) is 11.8 Å². The lowest BCUT2D eigenvalue weighted by Gasteiger charge is -2.04. The minimum absolute atomic E-state index is 0.199. The normalized spacial score (nSPS) is 10.0. The van der Waals surface area contributed by atoms with Crippen LogP contribution in [0.15, 0.2) is 53.0 Å². The summed E-state index contributed by atoms with van der Waals surface area (Å²) in [4.78, 5) is 11.6. The summed E-state index contributed by atoms with van der Waals surface area (Å²) in [7, 11) is 0. The van der Waals surface area contributed by atoms with E-state index in [1.54, 1.807) is 0 Å². The lowest BCUT2D eigenvalue weighted by atomic mass is 10.2. The Morgan fingerprint density at radius 2 is 2.08 bits per heavy atom. The van der Waals surface area contributed by atoms with Crippen molar-refractivity contribution >= 4 is 32.9 Å². The smallest absolute Gasteiger partial charge is 0.408 e. The molecule has 0 bridgehead atoms. The number of carbonyl (C=O) groups excluding carboxylic acids is 1. The van der Waals surface area contributed by atoms with Crippen LogP contribution in [0.4, 0.5) is 4.79 Å². The van der Waals surface area contributed by atoms with Crippen LogP contribution < -0.4 is 5.32 Å². The van der Waals surface area contributed by atoms with Crippen LogP contribution in [0.1, 0.15) is 11.3 Å². The molecule has 3 aromatic rings. The first-order valence-corrected chi connectivity index (χ1v) is 8.09. The van der Waals surface area contributed by atoms with Gasteiger partial charge in [-0.05, 0) is 29.7 Å². The number of alkyl carbamates (subject to hydrolysis) is 1. The molecular weight excluding hydrogens is 370 g/mol. The van der Waals surface area contributed by atoms with Crippen molar-refractivity contribution in [1.29, 1.82) is 0 Å². The molecule has 0 aliphatic carbocycles. The minimum Gasteiger partial charge on any atom is -0.445 e. The molecule has 0 atom stereocenters. The fourth-order valence-corrected chi connectivity index (χ4v) is 2.45. The molecule has 2 aromatic carbocycles. The van der Waals surface area contributed by atoms with Crippen LogP contribution in [-0.4, -0.2) is 22.8 Å². The van der Waals surface area contributed by atoms with Gasteiger partial charge in [-0.25, -0.2) is 4.79 Å². The molecule has 0 saturated heterocycles. The number of hydrogen-bond donors (Lipinski definition) is 2. The van der Waals surface area contributed by atoms with Gasteiger partial charge in [0.05, 0.1) is 12.1 Å². The summed E-state index contributed by atoms with van der Waals surface area (Å²) < 4.78 is 6.07. The van der Waals surface area contributed by atoms with Gasteiger partial charge in [0.15, 0.2) is 0 Å². The van der Waals surface area contributed by atoms with Crippen molar-refractivity contribution in [3.05, 3.63) is 64.3 Å². The maximum atomic E-state index is 11.6. The lowest BCUT2D eigenvalue weighted by Crippen LogP contribution is -2.24. The number of rotatable bonds is 3. The average molecular weight is 384 g/mol. The largest absolute Gasteiger partial charge is 0.445 e. The number of aromatic amines is 1. The second-order valence-electron chi connectivity index (χ2n) is 4.98. The van der Waals surface area contributed by atoms with Gasteiger partial charge in [-0.2, -0.15) is 5.10 Å². The van der Waals surface area contributed by atoms with Crippen LogP contribution in [-0.2, 0) is 11.3 Å². The number of fused-ring (bicyclic) bond motifs is 1. The van der Waals surface area contributed by atoms with Gasteiger partial charge in [0.2, 0.25) is 0 Å². The highest BCUT2D eigenvalue weighted by Gasteiger charge is 2.03. The van der Waals surface area contributed by atoms with E-state index in [1.165, 1.54) is 0 Å². The zero-order valence-corrected chi connectivity index (χ0v) is 14.3. The molecule has 2 N–H and O–H groups in total. The fourth-order valence-electron chi connectivity index (χ4n) is 2.10. The molecule has 6 heteroatoms. The summed E-state index contributed by atoms with van der Waals surface area (Å²) in [5, 5.41) is 10.6. The molecule has 0 fully saturated rings. The van der Waals surface area contributed by atoms with Gasteiger partial charge < -0.3 is 10.1 Å². The molecule has 0 unspecified atom stereocenters. The minimum atomic E-state index is -0.494. The van der Waals surface area contributed by atoms with Crippen molar-refractivity contribution in [2.75, 3.05) is 6.54 Å². The van der Waals surface area contributed by atoms with Crippen molar-refractivity contribution in [2.24, 2.45) is 0 Å². The molecule has 0 radical (unpaired) electrons. The monoisotopic (exact) mass is 383 g/mol. The van der Waals surface area contributed by atoms with E-state index < -0.39 is 6.09 Å². The lowest BCUT2D eigenvalue weighted by molar-refractivity contribution is 0.141. The Morgan fingerprint density at radius 3 is 2.92 bits per heavy atom. The fraction of sp³-hybridized carbons (Fsp3) is 0.111. The van der Waals surface area contributed by atoms with Crippen LogP contribution in [0.5, 0.6) is 0 Å². The Morgan fingerprint density at radius 1 is 1.25 bits per heavy atom. The van der Waals surface area contributed by atoms with Crippen molar-refractivity contribution in [3.8, 4) is 11.8 Å². The molecule has 1 amide bonds. The Balaban J connectivity index is 1.51. The summed E-state index contributed by atoms with van der Waals surface area (Å²) in [6, 6.07) is 15.3. The van der Waals surface area contributed by atoms with Crippen molar-refractivity contribution < 1.29 is 9.53 Å². The highest BCUT2D eigenvalue weighted by atomic mass is 79.9. The quantitative estimate of drug-likeness (QED) is 0.678. The summed E-state index contributed by atoms with van der Waals surface area (Å²) in [6.07, 6.45) is -0.494. The van der Waals surface area contributed by atoms with E-state index >= 15 is 0 Å². The third-order valence-corrected chi connectivity index (χ3v) is 3.76. The van der Waals surface area contributed by atoms with Gasteiger partial charge in [0.25, 0.3) is 0 Å². The van der Waals surface area contributed by atoms with Crippen LogP contribution >= 0.6 is 15.9 Å². The van der Waals surface area contributed by atoms with Gasteiger partial charge in [0, 0.05) is 9.86 Å². The highest BCUT2D eigenvalue weighted by molar-refractivity contribution is 9.10. The molecule has 24 heavy (non-hydrogen) atoms. The topological polar surface area (TPSA) is 67.0 Å². The molecule has 5 nitrogen and oxygen atoms in total. The molecule has 1 heterocycles. The third kappa shape index (κ3) is 4.15. The van der Waals surface area contributed by atoms with Gasteiger partial charge in [0.1, 0.15) is 12.3 Å². The van der Waals surface area contributed by atoms with Crippen molar-refractivity contribution in [2.45, 2.75) is 6.61 Å². The number of carbonyl (C=O) groups is 1. The van der Waals surface area contributed by atoms with E-state index in [0.717, 1.165) is 26.6 Å². The van der Waals surface area contributed by atoms with E-state index in [2.05, 4.69) is 43.3 Å². The number of nitrogens with zero attached hydrogens (tertiary/aromatic N) is 1. The number of hydrogen-bond acceptors (Lipinski definition) is 3. The zero-order chi connectivity index (χ0) is 16.8. The van der Waals surface area contributed by atoms with Gasteiger partial charge >= 0.3 is 6.09 Å².